The number of alkyl carbamates (subject to hydrolysis) is 2. The second kappa shape index (κ2) is 23.2. The van der Waals surface area contributed by atoms with Gasteiger partial charge >= 0.3 is 36.9 Å². The Bertz CT molecular complexity index is 2570. The van der Waals surface area contributed by atoms with Crippen LogP contribution in [0.3, 0.4) is 0 Å². The Morgan fingerprint density at radius 3 is 1.14 bits per heavy atom. The third-order valence-electron chi connectivity index (χ3n) is 12.9. The summed E-state index contributed by atoms with van der Waals surface area (Å²) in [5.41, 5.74) is -10.2. The first-order chi connectivity index (χ1) is 34.8. The van der Waals surface area contributed by atoms with Crippen molar-refractivity contribution in [3.8, 4) is 0 Å². The SMILES string of the molecule is C.C[C@@H](OCC1(c2ccccc2)CC(C=O)(NC(=O)OC(C)(C)C)C1)c1cc(C(F)(F)F)cc(C(F)(F)F)c1.C[C@@H](OCC1(c2ccccc2)CC(CO)(NC(=O)OC(C)(C)C)C1)c1cc(C(F)(F)F)cc(C(F)(F)F)c1. The molecule has 2 aliphatic carbocycles. The number of carbonyl (C=O) groups is 3. The number of rotatable bonds is 14. The predicted molar refractivity (Wildman–Crippen MR) is 260 cm³/mol. The lowest BCUT2D eigenvalue weighted by Crippen LogP contribution is -2.67. The molecule has 0 saturated heterocycles. The third-order valence-corrected chi connectivity index (χ3v) is 12.9. The van der Waals surface area contributed by atoms with Gasteiger partial charge in [-0.1, -0.05) is 68.1 Å². The van der Waals surface area contributed by atoms with Crippen molar-refractivity contribution < 1.29 is 91.1 Å². The van der Waals surface area contributed by atoms with Crippen LogP contribution in [0.5, 0.6) is 0 Å². The molecule has 2 atom stereocenters. The summed E-state index contributed by atoms with van der Waals surface area (Å²) in [7, 11) is 0. The van der Waals surface area contributed by atoms with Crippen LogP contribution in [0.25, 0.3) is 0 Å². The minimum Gasteiger partial charge on any atom is -0.444 e. The lowest BCUT2D eigenvalue weighted by Gasteiger charge is -2.56. The first-order valence-corrected chi connectivity index (χ1v) is 23.8. The van der Waals surface area contributed by atoms with Gasteiger partial charge in [-0.05, 0) is 140 Å². The van der Waals surface area contributed by atoms with Crippen molar-refractivity contribution in [2.45, 2.75) is 159 Å². The highest BCUT2D eigenvalue weighted by atomic mass is 19.4. The maximum Gasteiger partial charge on any atom is 0.416 e. The zero-order valence-electron chi connectivity index (χ0n) is 42.8. The van der Waals surface area contributed by atoms with Gasteiger partial charge in [-0.3, -0.25) is 0 Å². The number of aldehydes is 1. The van der Waals surface area contributed by atoms with Crippen molar-refractivity contribution in [2.24, 2.45) is 0 Å². The van der Waals surface area contributed by atoms with Crippen molar-refractivity contribution in [1.82, 2.24) is 10.6 Å². The molecule has 22 heteroatoms. The normalized spacial score (nSPS) is 22.6. The van der Waals surface area contributed by atoms with Gasteiger partial charge in [0.1, 0.15) is 23.0 Å². The molecule has 0 spiro atoms. The highest BCUT2D eigenvalue weighted by molar-refractivity contribution is 5.79. The van der Waals surface area contributed by atoms with Crippen molar-refractivity contribution in [2.75, 3.05) is 19.8 Å². The molecule has 10 nitrogen and oxygen atoms in total. The molecule has 0 heterocycles. The minimum absolute atomic E-state index is 0. The van der Waals surface area contributed by atoms with Crippen LogP contribution in [-0.2, 0) is 59.3 Å². The lowest BCUT2D eigenvalue weighted by atomic mass is 9.55. The van der Waals surface area contributed by atoms with Crippen LogP contribution in [0.1, 0.15) is 145 Å². The summed E-state index contributed by atoms with van der Waals surface area (Å²) in [6.07, 6.45) is -22.4. The number of nitrogens with one attached hydrogen (secondary N) is 2. The van der Waals surface area contributed by atoms with Gasteiger partial charge in [-0.2, -0.15) is 52.7 Å². The molecule has 0 aliphatic heterocycles. The molecule has 6 rings (SSSR count). The van der Waals surface area contributed by atoms with Crippen LogP contribution in [0.15, 0.2) is 97.1 Å². The van der Waals surface area contributed by atoms with Gasteiger partial charge < -0.3 is 39.5 Å². The lowest BCUT2D eigenvalue weighted by molar-refractivity contribution is -0.145. The van der Waals surface area contributed by atoms with Gasteiger partial charge in [0.25, 0.3) is 0 Å². The molecule has 0 unspecified atom stereocenters. The molecule has 77 heavy (non-hydrogen) atoms. The molecule has 4 aromatic rings. The number of carbonyl (C=O) groups excluding carboxylic acids is 3. The topological polar surface area (TPSA) is 132 Å². The monoisotopic (exact) mass is 1110 g/mol. The number of alkyl halides is 12. The van der Waals surface area contributed by atoms with E-state index in [1.165, 1.54) is 13.8 Å². The van der Waals surface area contributed by atoms with Crippen LogP contribution in [0.4, 0.5) is 62.3 Å². The zero-order chi connectivity index (χ0) is 57.1. The number of aliphatic hydroxyl groups excluding tert-OH is 1. The molecular formula is C55H64F12N2O8. The van der Waals surface area contributed by atoms with Gasteiger partial charge in [0.15, 0.2) is 0 Å². The number of halogens is 12. The van der Waals surface area contributed by atoms with E-state index in [2.05, 4.69) is 10.6 Å². The molecule has 3 N–H and O–H groups in total. The van der Waals surface area contributed by atoms with Gasteiger partial charge in [0.2, 0.25) is 0 Å². The fraction of sp³-hybridized carbons (Fsp3) is 0.509. The van der Waals surface area contributed by atoms with Crippen molar-refractivity contribution in [1.29, 1.82) is 0 Å². The van der Waals surface area contributed by atoms with Gasteiger partial charge in [0, 0.05) is 10.8 Å². The summed E-state index contributed by atoms with van der Waals surface area (Å²) in [6.45, 7) is 12.2. The standard InChI is InChI=1S/C27H31F6NO4.C27H29F6NO4.CH4/c2*1-17(18-10-20(26(28,29)30)12-21(11-18)27(31,32)33)37-16-24(19-8-6-5-7-9-19)13-25(14-24,15-35)34-22(36)38-23(2,3)4;/h5-12,17,35H,13-16H2,1-4H3,(H,34,36);5-12,15,17H,13-14,16H2,1-4H3,(H,34,36);1H4/t2*17-,24?,25?;/m11./s1. The summed E-state index contributed by atoms with van der Waals surface area (Å²) in [5, 5.41) is 15.4. The van der Waals surface area contributed by atoms with Crippen LogP contribution in [0, 0.1) is 0 Å². The third kappa shape index (κ3) is 16.6. The summed E-state index contributed by atoms with van der Waals surface area (Å²) in [4.78, 5) is 36.8. The Morgan fingerprint density at radius 2 is 0.857 bits per heavy atom. The average molecular weight is 1110 g/mol. The molecule has 4 aromatic carbocycles. The maximum absolute atomic E-state index is 13.3. The first-order valence-electron chi connectivity index (χ1n) is 23.8. The van der Waals surface area contributed by atoms with E-state index < -0.39 is 111 Å². The molecule has 2 fully saturated rings. The van der Waals surface area contributed by atoms with Gasteiger partial charge in [0.05, 0.1) is 59.8 Å². The Kier molecular flexibility index (Phi) is 19.2. The van der Waals surface area contributed by atoms with E-state index in [1.807, 2.05) is 12.1 Å². The predicted octanol–water partition coefficient (Wildman–Crippen LogP) is 14.4. The molecule has 426 valence electrons. The summed E-state index contributed by atoms with van der Waals surface area (Å²) in [6, 6.07) is 20.5. The quantitative estimate of drug-likeness (QED) is 0.0840. The molecule has 2 aliphatic rings. The smallest absolute Gasteiger partial charge is 0.416 e. The van der Waals surface area contributed by atoms with E-state index in [9.17, 15) is 72.2 Å². The van der Waals surface area contributed by atoms with E-state index in [4.69, 9.17) is 18.9 Å². The van der Waals surface area contributed by atoms with E-state index in [1.54, 1.807) is 90.1 Å². The van der Waals surface area contributed by atoms with Crippen LogP contribution < -0.4 is 10.6 Å². The number of hydrogen-bond donors (Lipinski definition) is 3. The number of ether oxygens (including phenoxy) is 4. The van der Waals surface area contributed by atoms with E-state index in [0.717, 1.165) is 11.1 Å². The van der Waals surface area contributed by atoms with E-state index in [0.29, 0.717) is 30.6 Å². The average Bonchev–Trinajstić information content (AvgIpc) is 3.28. The van der Waals surface area contributed by atoms with Gasteiger partial charge in [-0.25, -0.2) is 9.59 Å². The van der Waals surface area contributed by atoms with Crippen LogP contribution in [-0.4, -0.2) is 65.7 Å². The summed E-state index contributed by atoms with van der Waals surface area (Å²) >= 11 is 0. The second-order valence-corrected chi connectivity index (χ2v) is 21.6. The molecule has 0 bridgehead atoms. The van der Waals surface area contributed by atoms with Gasteiger partial charge in [-0.15, -0.1) is 0 Å². The maximum atomic E-state index is 13.3. The number of aliphatic hydroxyl groups is 1. The minimum atomic E-state index is -4.98. The molecule has 0 radical (unpaired) electrons. The Hall–Kier alpha value is -5.87. The molecule has 2 saturated carbocycles. The molecule has 0 aromatic heterocycles. The Labute approximate surface area is 439 Å². The van der Waals surface area contributed by atoms with Crippen molar-refractivity contribution in [3.05, 3.63) is 142 Å². The fourth-order valence-corrected chi connectivity index (χ4v) is 9.42. The van der Waals surface area contributed by atoms with E-state index >= 15 is 0 Å². The number of amides is 2. The summed E-state index contributed by atoms with van der Waals surface area (Å²) in [5.74, 6) is 0. The van der Waals surface area contributed by atoms with Crippen molar-refractivity contribution >= 4 is 18.5 Å². The summed E-state index contributed by atoms with van der Waals surface area (Å²) < 4.78 is 182. The first kappa shape index (κ1) is 63.7. The highest BCUT2D eigenvalue weighted by Gasteiger charge is 2.58. The van der Waals surface area contributed by atoms with Crippen LogP contribution >= 0.6 is 0 Å². The number of hydrogen-bond acceptors (Lipinski definition) is 8. The second-order valence-electron chi connectivity index (χ2n) is 21.6. The molecular weight excluding hydrogens is 1040 g/mol. The zero-order valence-corrected chi connectivity index (χ0v) is 42.8. The largest absolute Gasteiger partial charge is 0.444 e. The Morgan fingerprint density at radius 1 is 0.545 bits per heavy atom. The van der Waals surface area contributed by atoms with E-state index in [-0.39, 0.29) is 69.6 Å². The highest BCUT2D eigenvalue weighted by Crippen LogP contribution is 2.53. The van der Waals surface area contributed by atoms with Crippen molar-refractivity contribution in [3.63, 3.8) is 0 Å². The number of benzene rings is 4. The van der Waals surface area contributed by atoms with Crippen LogP contribution in [0.2, 0.25) is 0 Å². The molecule has 2 amide bonds. The Balaban J connectivity index is 0.000000328. The fourth-order valence-electron chi connectivity index (χ4n) is 9.42.